The van der Waals surface area contributed by atoms with Gasteiger partial charge >= 0.3 is 6.09 Å². The number of anilines is 1. The number of aryl methyl sites for hydroxylation is 1. The van der Waals surface area contributed by atoms with Crippen LogP contribution in [-0.2, 0) is 12.0 Å². The number of carboxylic acid groups (broad SMARTS) is 1. The van der Waals surface area contributed by atoms with Crippen molar-refractivity contribution < 1.29 is 14.6 Å². The Kier molecular flexibility index (Phi) is 4.53. The molecule has 5 heterocycles. The highest BCUT2D eigenvalue weighted by molar-refractivity contribution is 5.67. The summed E-state index contributed by atoms with van der Waals surface area (Å²) in [7, 11) is 0. The quantitative estimate of drug-likeness (QED) is 0.665. The number of amides is 1. The molecule has 0 aromatic carbocycles. The van der Waals surface area contributed by atoms with Crippen LogP contribution in [0.1, 0.15) is 37.1 Å². The molecular formula is C22H24N6O3. The van der Waals surface area contributed by atoms with E-state index in [0.29, 0.717) is 24.7 Å². The van der Waals surface area contributed by atoms with E-state index in [2.05, 4.69) is 16.0 Å². The maximum absolute atomic E-state index is 11.4. The van der Waals surface area contributed by atoms with Gasteiger partial charge in [0.25, 0.3) is 0 Å². The Bertz CT molecular complexity index is 1130. The van der Waals surface area contributed by atoms with Crippen LogP contribution in [0, 0.1) is 0 Å². The maximum Gasteiger partial charge on any atom is 0.407 e. The Morgan fingerprint density at radius 2 is 2.03 bits per heavy atom. The van der Waals surface area contributed by atoms with Gasteiger partial charge in [0.2, 0.25) is 0 Å². The molecule has 2 aliphatic rings. The Balaban J connectivity index is 1.42. The van der Waals surface area contributed by atoms with Crippen LogP contribution in [0.4, 0.5) is 10.6 Å². The number of pyridine rings is 2. The molecule has 0 radical (unpaired) electrons. The molecule has 0 bridgehead atoms. The van der Waals surface area contributed by atoms with Crippen molar-refractivity contribution in [2.75, 3.05) is 18.8 Å². The minimum Gasteiger partial charge on any atom is -0.482 e. The Morgan fingerprint density at radius 1 is 1.26 bits per heavy atom. The van der Waals surface area contributed by atoms with E-state index in [9.17, 15) is 9.90 Å². The van der Waals surface area contributed by atoms with E-state index in [1.165, 1.54) is 4.90 Å². The number of rotatable bonds is 4. The van der Waals surface area contributed by atoms with Crippen LogP contribution in [0.25, 0.3) is 11.3 Å². The first-order valence-corrected chi connectivity index (χ1v) is 10.3. The van der Waals surface area contributed by atoms with Gasteiger partial charge in [0.05, 0.1) is 5.69 Å². The molecule has 0 aliphatic carbocycles. The van der Waals surface area contributed by atoms with E-state index in [4.69, 9.17) is 15.6 Å². The van der Waals surface area contributed by atoms with Gasteiger partial charge in [-0.3, -0.25) is 9.67 Å². The van der Waals surface area contributed by atoms with Crippen LogP contribution in [0.5, 0.6) is 5.75 Å². The lowest BCUT2D eigenvalue weighted by Crippen LogP contribution is -2.32. The number of carbonyl (C=O) groups is 1. The summed E-state index contributed by atoms with van der Waals surface area (Å²) in [5.74, 6) is 0.823. The summed E-state index contributed by atoms with van der Waals surface area (Å²) in [5, 5.41) is 14.1. The standard InChI is InChI=1S/C22H24N6O3/c1-14(15-2-6-24-7-3-15)31-18-10-16(12-25-20(18)23)17-11-19-22(5-9-28(19)26-17)4-8-27(13-22)21(29)30/h2-3,6-7,10-12,14H,4-5,8-9,13H2,1H3,(H2,23,25)(H,29,30)/t14-,22-/m1/s1. The largest absolute Gasteiger partial charge is 0.482 e. The molecule has 0 saturated carbocycles. The molecule has 0 unspecified atom stereocenters. The van der Waals surface area contributed by atoms with Crippen LogP contribution in [0.3, 0.4) is 0 Å². The average Bonchev–Trinajstić information content (AvgIpc) is 3.47. The first-order chi connectivity index (χ1) is 14.9. The van der Waals surface area contributed by atoms with Gasteiger partial charge in [-0.2, -0.15) is 5.10 Å². The molecule has 3 aromatic heterocycles. The summed E-state index contributed by atoms with van der Waals surface area (Å²) in [4.78, 5) is 21.3. The minimum atomic E-state index is -0.858. The number of nitrogens with two attached hydrogens (primary N) is 1. The molecule has 1 amide bonds. The fourth-order valence-electron chi connectivity index (χ4n) is 4.63. The molecule has 5 rings (SSSR count). The number of fused-ring (bicyclic) bond motifs is 2. The number of ether oxygens (including phenoxy) is 1. The molecule has 9 heteroatoms. The third-order valence-electron chi connectivity index (χ3n) is 6.41. The summed E-state index contributed by atoms with van der Waals surface area (Å²) < 4.78 is 8.08. The summed E-state index contributed by atoms with van der Waals surface area (Å²) >= 11 is 0. The molecule has 9 nitrogen and oxygen atoms in total. The van der Waals surface area contributed by atoms with Crippen molar-refractivity contribution in [3.63, 3.8) is 0 Å². The fourth-order valence-corrected chi connectivity index (χ4v) is 4.63. The second-order valence-electron chi connectivity index (χ2n) is 8.27. The van der Waals surface area contributed by atoms with Crippen LogP contribution < -0.4 is 10.5 Å². The molecule has 3 N–H and O–H groups in total. The van der Waals surface area contributed by atoms with Gasteiger partial charge in [-0.1, -0.05) is 0 Å². The van der Waals surface area contributed by atoms with Crippen molar-refractivity contribution in [2.45, 2.75) is 37.8 Å². The molecular weight excluding hydrogens is 396 g/mol. The van der Waals surface area contributed by atoms with Gasteiger partial charge in [-0.25, -0.2) is 9.78 Å². The molecule has 2 aliphatic heterocycles. The van der Waals surface area contributed by atoms with Gasteiger partial charge < -0.3 is 20.5 Å². The van der Waals surface area contributed by atoms with Gasteiger partial charge in [0, 0.05) is 54.9 Å². The highest BCUT2D eigenvalue weighted by Gasteiger charge is 2.47. The second-order valence-corrected chi connectivity index (χ2v) is 8.27. The van der Waals surface area contributed by atoms with Crippen molar-refractivity contribution in [1.29, 1.82) is 0 Å². The van der Waals surface area contributed by atoms with Gasteiger partial charge in [-0.05, 0) is 49.6 Å². The van der Waals surface area contributed by atoms with Gasteiger partial charge in [-0.15, -0.1) is 0 Å². The van der Waals surface area contributed by atoms with E-state index >= 15 is 0 Å². The zero-order valence-electron chi connectivity index (χ0n) is 17.2. The number of aromatic nitrogens is 4. The lowest BCUT2D eigenvalue weighted by molar-refractivity contribution is 0.153. The summed E-state index contributed by atoms with van der Waals surface area (Å²) in [6.45, 7) is 3.81. The molecule has 1 spiro atoms. The number of likely N-dealkylation sites (tertiary alicyclic amines) is 1. The number of nitrogens with zero attached hydrogens (tertiary/aromatic N) is 5. The van der Waals surface area contributed by atoms with Crippen LogP contribution in [-0.4, -0.2) is 48.9 Å². The molecule has 3 aromatic rings. The number of nitrogen functional groups attached to an aromatic ring is 1. The van der Waals surface area contributed by atoms with Crippen molar-refractivity contribution in [1.82, 2.24) is 24.6 Å². The monoisotopic (exact) mass is 420 g/mol. The molecule has 160 valence electrons. The second kappa shape index (κ2) is 7.26. The molecule has 1 saturated heterocycles. The predicted molar refractivity (Wildman–Crippen MR) is 114 cm³/mol. The lowest BCUT2D eigenvalue weighted by atomic mass is 9.82. The lowest BCUT2D eigenvalue weighted by Gasteiger charge is -2.22. The molecule has 2 atom stereocenters. The van der Waals surface area contributed by atoms with Crippen molar-refractivity contribution in [3.8, 4) is 17.0 Å². The number of hydrogen-bond acceptors (Lipinski definition) is 6. The summed E-state index contributed by atoms with van der Waals surface area (Å²) in [6, 6.07) is 7.73. The van der Waals surface area contributed by atoms with E-state index in [1.807, 2.05) is 29.8 Å². The molecule has 31 heavy (non-hydrogen) atoms. The van der Waals surface area contributed by atoms with Crippen LogP contribution >= 0.6 is 0 Å². The normalized spacial score (nSPS) is 20.7. The van der Waals surface area contributed by atoms with Crippen molar-refractivity contribution in [2.24, 2.45) is 0 Å². The topological polar surface area (TPSA) is 119 Å². The maximum atomic E-state index is 11.4. The van der Waals surface area contributed by atoms with Gasteiger partial charge in [0.1, 0.15) is 6.10 Å². The average molecular weight is 420 g/mol. The van der Waals surface area contributed by atoms with E-state index in [-0.39, 0.29) is 11.5 Å². The van der Waals surface area contributed by atoms with E-state index in [0.717, 1.165) is 41.9 Å². The third kappa shape index (κ3) is 3.35. The number of hydrogen-bond donors (Lipinski definition) is 2. The zero-order valence-corrected chi connectivity index (χ0v) is 17.2. The predicted octanol–water partition coefficient (Wildman–Crippen LogP) is 3.09. The zero-order chi connectivity index (χ0) is 21.6. The third-order valence-corrected chi connectivity index (χ3v) is 6.41. The van der Waals surface area contributed by atoms with Crippen LogP contribution in [0.2, 0.25) is 0 Å². The van der Waals surface area contributed by atoms with Crippen LogP contribution in [0.15, 0.2) is 42.9 Å². The summed E-state index contributed by atoms with van der Waals surface area (Å²) in [6.07, 6.45) is 5.82. The first-order valence-electron chi connectivity index (χ1n) is 10.3. The molecule has 1 fully saturated rings. The minimum absolute atomic E-state index is 0.153. The Morgan fingerprint density at radius 3 is 2.77 bits per heavy atom. The Labute approximate surface area is 179 Å². The first kappa shape index (κ1) is 19.3. The van der Waals surface area contributed by atoms with Gasteiger partial charge in [0.15, 0.2) is 11.6 Å². The van der Waals surface area contributed by atoms with Crippen molar-refractivity contribution in [3.05, 3.63) is 54.1 Å². The SMILES string of the molecule is C[C@@H](Oc1cc(-c2cc3n(n2)CC[C@@]32CCN(C(=O)O)C2)cnc1N)c1ccncc1. The Hall–Kier alpha value is -3.62. The fraction of sp³-hybridized carbons (Fsp3) is 0.364. The smallest absolute Gasteiger partial charge is 0.407 e. The highest BCUT2D eigenvalue weighted by atomic mass is 16.5. The van der Waals surface area contributed by atoms with E-state index in [1.54, 1.807) is 18.6 Å². The van der Waals surface area contributed by atoms with Crippen molar-refractivity contribution >= 4 is 11.9 Å². The van der Waals surface area contributed by atoms with E-state index < -0.39 is 6.09 Å². The summed E-state index contributed by atoms with van der Waals surface area (Å²) in [5.41, 5.74) is 9.61. The highest BCUT2D eigenvalue weighted by Crippen LogP contribution is 2.44.